The number of ether oxygens (including phenoxy) is 1. The first-order valence-corrected chi connectivity index (χ1v) is 11.9. The van der Waals surface area contributed by atoms with Gasteiger partial charge in [-0.1, -0.05) is 42.1 Å². The topological polar surface area (TPSA) is 106 Å². The lowest BCUT2D eigenvalue weighted by Crippen LogP contribution is -2.24. The number of nitrogens with one attached hydrogen (secondary N) is 1. The van der Waals surface area contributed by atoms with Crippen LogP contribution in [-0.2, 0) is 4.79 Å². The summed E-state index contributed by atoms with van der Waals surface area (Å²) in [5, 5.41) is 14.7. The van der Waals surface area contributed by atoms with Gasteiger partial charge in [-0.3, -0.25) is 14.2 Å². The molecule has 1 heterocycles. The summed E-state index contributed by atoms with van der Waals surface area (Å²) >= 11 is 1.16. The maximum Gasteiger partial charge on any atom is 0.266 e. The minimum atomic E-state index is -0.353. The summed E-state index contributed by atoms with van der Waals surface area (Å²) < 4.78 is 6.90. The molecule has 0 radical (unpaired) electrons. The summed E-state index contributed by atoms with van der Waals surface area (Å²) in [6.07, 6.45) is 1.46. The fourth-order valence-corrected chi connectivity index (χ4v) is 4.26. The van der Waals surface area contributed by atoms with E-state index in [4.69, 9.17) is 4.74 Å². The van der Waals surface area contributed by atoms with Gasteiger partial charge in [0.05, 0.1) is 35.2 Å². The lowest BCUT2D eigenvalue weighted by molar-refractivity contribution is -0.118. The number of carbonyl (C=O) groups excluding carboxylic acids is 1. The van der Waals surface area contributed by atoms with Gasteiger partial charge in [0, 0.05) is 0 Å². The van der Waals surface area contributed by atoms with Crippen molar-refractivity contribution in [2.45, 2.75) is 19.0 Å². The fraction of sp³-hybridized carbons (Fsp3) is 0.154. The number of thioether (sulfide) groups is 1. The van der Waals surface area contributed by atoms with Crippen molar-refractivity contribution in [1.29, 1.82) is 0 Å². The van der Waals surface area contributed by atoms with E-state index in [1.54, 1.807) is 34.9 Å². The van der Waals surface area contributed by atoms with Crippen molar-refractivity contribution in [2.24, 2.45) is 5.10 Å². The number of phenols is 1. The quantitative estimate of drug-likeness (QED) is 0.168. The Morgan fingerprint density at radius 3 is 2.74 bits per heavy atom. The van der Waals surface area contributed by atoms with Crippen LogP contribution in [0.4, 0.5) is 0 Å². The molecule has 178 valence electrons. The van der Waals surface area contributed by atoms with Crippen LogP contribution in [0.5, 0.6) is 11.5 Å². The molecule has 4 aromatic rings. The molecule has 1 aromatic heterocycles. The predicted molar refractivity (Wildman–Crippen MR) is 138 cm³/mol. The van der Waals surface area contributed by atoms with Crippen molar-refractivity contribution in [1.82, 2.24) is 15.0 Å². The fourth-order valence-electron chi connectivity index (χ4n) is 3.46. The van der Waals surface area contributed by atoms with Crippen LogP contribution in [0, 0.1) is 6.92 Å². The van der Waals surface area contributed by atoms with E-state index in [1.807, 2.05) is 44.2 Å². The Balaban J connectivity index is 1.53. The third kappa shape index (κ3) is 5.52. The molecule has 2 N–H and O–H groups in total. The molecule has 0 aliphatic rings. The Hall–Kier alpha value is -4.11. The molecule has 9 heteroatoms. The average molecular weight is 489 g/mol. The van der Waals surface area contributed by atoms with Gasteiger partial charge in [0.25, 0.3) is 11.5 Å². The molecule has 0 atom stereocenters. The number of fused-ring (bicyclic) bond motifs is 1. The first-order chi connectivity index (χ1) is 17.0. The van der Waals surface area contributed by atoms with Gasteiger partial charge in [0.2, 0.25) is 0 Å². The third-order valence-electron chi connectivity index (χ3n) is 5.12. The van der Waals surface area contributed by atoms with E-state index >= 15 is 0 Å². The van der Waals surface area contributed by atoms with Crippen molar-refractivity contribution >= 4 is 34.8 Å². The molecule has 0 saturated carbocycles. The number of amides is 1. The molecule has 0 saturated heterocycles. The number of rotatable bonds is 8. The van der Waals surface area contributed by atoms with Gasteiger partial charge in [0.1, 0.15) is 0 Å². The number of nitrogens with zero attached hydrogens (tertiary/aromatic N) is 3. The van der Waals surface area contributed by atoms with Crippen LogP contribution in [0.2, 0.25) is 0 Å². The largest absolute Gasteiger partial charge is 0.504 e. The Morgan fingerprint density at radius 1 is 1.17 bits per heavy atom. The van der Waals surface area contributed by atoms with E-state index < -0.39 is 0 Å². The van der Waals surface area contributed by atoms with Gasteiger partial charge >= 0.3 is 0 Å². The van der Waals surface area contributed by atoms with Crippen molar-refractivity contribution < 1.29 is 14.6 Å². The van der Waals surface area contributed by atoms with E-state index in [9.17, 15) is 14.7 Å². The number of para-hydroxylation sites is 2. The molecule has 35 heavy (non-hydrogen) atoms. The van der Waals surface area contributed by atoms with Crippen LogP contribution in [0.3, 0.4) is 0 Å². The highest BCUT2D eigenvalue weighted by Gasteiger charge is 2.15. The average Bonchev–Trinajstić information content (AvgIpc) is 2.86. The minimum Gasteiger partial charge on any atom is -0.504 e. The summed E-state index contributed by atoms with van der Waals surface area (Å²) in [7, 11) is 0. The SMILES string of the molecule is CCOc1cc(C=NNC(=O)CSc2nc3ccccc3c(=O)n2-c2ccccc2C)ccc1O. The number of aromatic hydroxyl groups is 1. The highest BCUT2D eigenvalue weighted by Crippen LogP contribution is 2.26. The molecule has 0 bridgehead atoms. The zero-order chi connectivity index (χ0) is 24.8. The zero-order valence-electron chi connectivity index (χ0n) is 19.3. The van der Waals surface area contributed by atoms with Crippen molar-refractivity contribution in [3.05, 3.63) is 88.2 Å². The number of hydrazone groups is 1. The number of carbonyl (C=O) groups is 1. The maximum absolute atomic E-state index is 13.3. The standard InChI is InChI=1S/C26H24N4O4S/c1-3-34-23-14-18(12-13-22(23)31)15-27-29-24(32)16-35-26-28-20-10-6-5-9-19(20)25(33)30(26)21-11-7-4-8-17(21)2/h4-15,31H,3,16H2,1-2H3,(H,29,32). The van der Waals surface area contributed by atoms with Crippen molar-refractivity contribution in [2.75, 3.05) is 12.4 Å². The molecule has 3 aromatic carbocycles. The first kappa shape index (κ1) is 24.0. The van der Waals surface area contributed by atoms with Gasteiger partial charge in [-0.05, 0) is 61.4 Å². The Kier molecular flexibility index (Phi) is 7.47. The summed E-state index contributed by atoms with van der Waals surface area (Å²) in [4.78, 5) is 30.5. The number of phenolic OH excluding ortho intramolecular Hbond substituents is 1. The van der Waals surface area contributed by atoms with Crippen LogP contribution in [0.25, 0.3) is 16.6 Å². The molecule has 8 nitrogen and oxygen atoms in total. The van der Waals surface area contributed by atoms with E-state index in [2.05, 4.69) is 15.5 Å². The van der Waals surface area contributed by atoms with Crippen LogP contribution < -0.4 is 15.7 Å². The van der Waals surface area contributed by atoms with Crippen LogP contribution in [-0.4, -0.2) is 39.1 Å². The number of hydrogen-bond acceptors (Lipinski definition) is 7. The van der Waals surface area contributed by atoms with Gasteiger partial charge in [-0.25, -0.2) is 10.4 Å². The number of aromatic nitrogens is 2. The highest BCUT2D eigenvalue weighted by molar-refractivity contribution is 7.99. The number of benzene rings is 3. The van der Waals surface area contributed by atoms with E-state index in [0.717, 1.165) is 17.3 Å². The zero-order valence-corrected chi connectivity index (χ0v) is 20.1. The Labute approximate surface area is 206 Å². The summed E-state index contributed by atoms with van der Waals surface area (Å²) in [5.41, 5.74) is 5.15. The summed E-state index contributed by atoms with van der Waals surface area (Å²) in [6, 6.07) is 19.5. The second-order valence-electron chi connectivity index (χ2n) is 7.58. The first-order valence-electron chi connectivity index (χ1n) is 11.0. The second kappa shape index (κ2) is 10.9. The van der Waals surface area contributed by atoms with Gasteiger partial charge in [0.15, 0.2) is 16.7 Å². The van der Waals surface area contributed by atoms with Gasteiger partial charge in [-0.15, -0.1) is 0 Å². The molecule has 0 fully saturated rings. The normalized spacial score (nSPS) is 11.1. The monoisotopic (exact) mass is 488 g/mol. The van der Waals surface area contributed by atoms with E-state index in [-0.39, 0.29) is 23.0 Å². The highest BCUT2D eigenvalue weighted by atomic mass is 32.2. The molecule has 0 aliphatic heterocycles. The van der Waals surface area contributed by atoms with E-state index in [0.29, 0.717) is 39.7 Å². The Morgan fingerprint density at radius 2 is 1.94 bits per heavy atom. The lowest BCUT2D eigenvalue weighted by atomic mass is 10.2. The van der Waals surface area contributed by atoms with Crippen molar-refractivity contribution in [3.63, 3.8) is 0 Å². The molecule has 4 rings (SSSR count). The third-order valence-corrected chi connectivity index (χ3v) is 6.06. The molecular formula is C26H24N4O4S. The number of hydrogen-bond donors (Lipinski definition) is 2. The van der Waals surface area contributed by atoms with Crippen LogP contribution in [0.15, 0.2) is 81.8 Å². The van der Waals surface area contributed by atoms with Gasteiger partial charge in [-0.2, -0.15) is 5.10 Å². The number of aryl methyl sites for hydroxylation is 1. The smallest absolute Gasteiger partial charge is 0.266 e. The maximum atomic E-state index is 13.3. The predicted octanol–water partition coefficient (Wildman–Crippen LogP) is 4.04. The molecule has 0 spiro atoms. The summed E-state index contributed by atoms with van der Waals surface area (Å²) in [6.45, 7) is 4.16. The minimum absolute atomic E-state index is 0.00771. The second-order valence-corrected chi connectivity index (χ2v) is 8.52. The Bertz CT molecular complexity index is 1470. The van der Waals surface area contributed by atoms with Gasteiger partial charge < -0.3 is 9.84 Å². The molecule has 0 unspecified atom stereocenters. The van der Waals surface area contributed by atoms with Crippen molar-refractivity contribution in [3.8, 4) is 17.2 Å². The molecule has 0 aliphatic carbocycles. The van der Waals surface area contributed by atoms with E-state index in [1.165, 1.54) is 12.3 Å². The van der Waals surface area contributed by atoms with Crippen LogP contribution in [0.1, 0.15) is 18.1 Å². The van der Waals surface area contributed by atoms with Crippen LogP contribution >= 0.6 is 11.8 Å². The molecular weight excluding hydrogens is 464 g/mol. The lowest BCUT2D eigenvalue weighted by Gasteiger charge is -2.14. The molecule has 1 amide bonds. The summed E-state index contributed by atoms with van der Waals surface area (Å²) in [5.74, 6) is 0.0315.